The minimum absolute atomic E-state index is 0.149. The fraction of sp³-hybridized carbons (Fsp3) is 0.429. The van der Waals surface area contributed by atoms with Crippen LogP contribution in [0.25, 0.3) is 10.9 Å². The van der Waals surface area contributed by atoms with Crippen molar-refractivity contribution in [3.05, 3.63) is 30.0 Å². The molecule has 18 heavy (non-hydrogen) atoms. The number of aromatic nitrogens is 2. The van der Waals surface area contributed by atoms with Crippen LogP contribution in [0.2, 0.25) is 0 Å². The Morgan fingerprint density at radius 2 is 2.00 bits per heavy atom. The average molecular weight is 245 g/mol. The van der Waals surface area contributed by atoms with E-state index in [1.165, 1.54) is 0 Å². The summed E-state index contributed by atoms with van der Waals surface area (Å²) in [5, 5.41) is 17.8. The second-order valence-corrected chi connectivity index (χ2v) is 5.77. The van der Waals surface area contributed by atoms with Crippen LogP contribution >= 0.6 is 0 Å². The summed E-state index contributed by atoms with van der Waals surface area (Å²) in [6.45, 7) is 9.12. The molecule has 0 fully saturated rings. The quantitative estimate of drug-likeness (QED) is 0.501. The molecule has 0 spiro atoms. The van der Waals surface area contributed by atoms with Crippen LogP contribution in [-0.4, -0.2) is 20.7 Å². The van der Waals surface area contributed by atoms with Crippen LogP contribution in [0.3, 0.4) is 0 Å². The summed E-state index contributed by atoms with van der Waals surface area (Å²) in [6.07, 6.45) is 0. The lowest BCUT2D eigenvalue weighted by atomic mass is 9.97. The molecule has 0 aliphatic rings. The van der Waals surface area contributed by atoms with Gasteiger partial charge in [0, 0.05) is 11.9 Å². The third-order valence-corrected chi connectivity index (χ3v) is 2.77. The molecule has 1 heterocycles. The summed E-state index contributed by atoms with van der Waals surface area (Å²) in [4.78, 5) is 0. The van der Waals surface area contributed by atoms with Gasteiger partial charge in [0.2, 0.25) is 0 Å². The van der Waals surface area contributed by atoms with E-state index in [0.717, 1.165) is 23.1 Å². The van der Waals surface area contributed by atoms with Gasteiger partial charge in [-0.15, -0.1) is 0 Å². The van der Waals surface area contributed by atoms with Gasteiger partial charge in [0.1, 0.15) is 11.4 Å². The van der Waals surface area contributed by atoms with E-state index in [1.54, 1.807) is 6.92 Å². The molecule has 96 valence electrons. The molecule has 0 amide bonds. The Morgan fingerprint density at radius 1 is 1.33 bits per heavy atom. The summed E-state index contributed by atoms with van der Waals surface area (Å²) < 4.78 is 1.99. The highest BCUT2D eigenvalue weighted by Gasteiger charge is 2.17. The monoisotopic (exact) mass is 245 g/mol. The Labute approximate surface area is 107 Å². The third-order valence-electron chi connectivity index (χ3n) is 2.77. The molecule has 1 aromatic carbocycles. The molecule has 2 rings (SSSR count). The fourth-order valence-electron chi connectivity index (χ4n) is 2.01. The highest BCUT2D eigenvalue weighted by atomic mass is 16.4. The van der Waals surface area contributed by atoms with Crippen molar-refractivity contribution in [2.45, 2.75) is 34.2 Å². The SMILES string of the molecule is C/C(=N/O)c1nn(CC(C)(C)C)c2ccccc12. The van der Waals surface area contributed by atoms with Crippen LogP contribution < -0.4 is 0 Å². The molecule has 0 aliphatic heterocycles. The highest BCUT2D eigenvalue weighted by molar-refractivity contribution is 6.07. The molecule has 0 unspecified atom stereocenters. The van der Waals surface area contributed by atoms with Gasteiger partial charge in [0.05, 0.1) is 5.52 Å². The molecule has 0 atom stereocenters. The van der Waals surface area contributed by atoms with E-state index in [1.807, 2.05) is 28.9 Å². The van der Waals surface area contributed by atoms with Crippen molar-refractivity contribution in [3.8, 4) is 0 Å². The van der Waals surface area contributed by atoms with Gasteiger partial charge in [0.25, 0.3) is 0 Å². The summed E-state index contributed by atoms with van der Waals surface area (Å²) in [5.41, 5.74) is 2.51. The first kappa shape index (κ1) is 12.6. The Hall–Kier alpha value is -1.84. The van der Waals surface area contributed by atoms with Crippen molar-refractivity contribution in [2.24, 2.45) is 10.6 Å². The molecule has 0 radical (unpaired) electrons. The van der Waals surface area contributed by atoms with Crippen molar-refractivity contribution < 1.29 is 5.21 Å². The highest BCUT2D eigenvalue weighted by Crippen LogP contribution is 2.23. The van der Waals surface area contributed by atoms with Crippen LogP contribution in [0.15, 0.2) is 29.4 Å². The second kappa shape index (κ2) is 4.44. The van der Waals surface area contributed by atoms with E-state index < -0.39 is 0 Å². The number of hydrogen-bond acceptors (Lipinski definition) is 3. The lowest BCUT2D eigenvalue weighted by Crippen LogP contribution is -2.16. The molecule has 0 aliphatic carbocycles. The van der Waals surface area contributed by atoms with Crippen LogP contribution in [-0.2, 0) is 6.54 Å². The van der Waals surface area contributed by atoms with Crippen molar-refractivity contribution in [1.29, 1.82) is 0 Å². The van der Waals surface area contributed by atoms with Crippen LogP contribution in [0.1, 0.15) is 33.4 Å². The van der Waals surface area contributed by atoms with Gasteiger partial charge in [-0.1, -0.05) is 44.1 Å². The first-order valence-electron chi connectivity index (χ1n) is 6.07. The lowest BCUT2D eigenvalue weighted by Gasteiger charge is -2.18. The normalized spacial score (nSPS) is 13.2. The molecule has 0 bridgehead atoms. The summed E-state index contributed by atoms with van der Waals surface area (Å²) in [7, 11) is 0. The number of para-hydroxylation sites is 1. The molecule has 0 saturated carbocycles. The maximum absolute atomic E-state index is 8.93. The Kier molecular flexibility index (Phi) is 3.11. The van der Waals surface area contributed by atoms with E-state index in [-0.39, 0.29) is 5.41 Å². The van der Waals surface area contributed by atoms with E-state index in [4.69, 9.17) is 5.21 Å². The third kappa shape index (κ3) is 2.37. The van der Waals surface area contributed by atoms with Gasteiger partial charge in [-0.25, -0.2) is 0 Å². The Bertz CT molecular complexity index is 591. The molecular weight excluding hydrogens is 226 g/mol. The van der Waals surface area contributed by atoms with E-state index in [2.05, 4.69) is 31.0 Å². The first-order valence-corrected chi connectivity index (χ1v) is 6.07. The van der Waals surface area contributed by atoms with Crippen LogP contribution in [0, 0.1) is 5.41 Å². The van der Waals surface area contributed by atoms with Crippen molar-refractivity contribution >= 4 is 16.6 Å². The molecular formula is C14H19N3O. The summed E-state index contributed by atoms with van der Waals surface area (Å²) in [5.74, 6) is 0. The smallest absolute Gasteiger partial charge is 0.117 e. The van der Waals surface area contributed by atoms with Gasteiger partial charge >= 0.3 is 0 Å². The topological polar surface area (TPSA) is 50.4 Å². The van der Waals surface area contributed by atoms with Gasteiger partial charge < -0.3 is 5.21 Å². The predicted molar refractivity (Wildman–Crippen MR) is 73.2 cm³/mol. The van der Waals surface area contributed by atoms with Gasteiger partial charge in [-0.2, -0.15) is 5.10 Å². The summed E-state index contributed by atoms with van der Waals surface area (Å²) in [6, 6.07) is 8.02. The molecule has 2 aromatic rings. The first-order chi connectivity index (χ1) is 8.42. The predicted octanol–water partition coefficient (Wildman–Crippen LogP) is 3.28. The lowest BCUT2D eigenvalue weighted by molar-refractivity contribution is 0.318. The number of benzene rings is 1. The fourth-order valence-corrected chi connectivity index (χ4v) is 2.01. The number of rotatable bonds is 2. The standard InChI is InChI=1S/C14H19N3O/c1-10(16-18)13-11-7-5-6-8-12(11)17(15-13)9-14(2,3)4/h5-8,18H,9H2,1-4H3/b16-10-. The average Bonchev–Trinajstić information content (AvgIpc) is 2.65. The number of oxime groups is 1. The van der Waals surface area contributed by atoms with Crippen molar-refractivity contribution in [1.82, 2.24) is 9.78 Å². The molecule has 1 N–H and O–H groups in total. The van der Waals surface area contributed by atoms with E-state index in [9.17, 15) is 0 Å². The van der Waals surface area contributed by atoms with Gasteiger partial charge in [0.15, 0.2) is 0 Å². The minimum atomic E-state index is 0.149. The number of fused-ring (bicyclic) bond motifs is 1. The minimum Gasteiger partial charge on any atom is -0.411 e. The maximum atomic E-state index is 8.93. The van der Waals surface area contributed by atoms with Crippen LogP contribution in [0.4, 0.5) is 0 Å². The Balaban J connectivity index is 2.62. The zero-order valence-electron chi connectivity index (χ0n) is 11.3. The maximum Gasteiger partial charge on any atom is 0.117 e. The largest absolute Gasteiger partial charge is 0.411 e. The molecule has 4 heteroatoms. The van der Waals surface area contributed by atoms with Gasteiger partial charge in [-0.05, 0) is 18.4 Å². The molecule has 1 aromatic heterocycles. The zero-order chi connectivity index (χ0) is 13.3. The molecule has 0 saturated heterocycles. The second-order valence-electron chi connectivity index (χ2n) is 5.77. The zero-order valence-corrected chi connectivity index (χ0v) is 11.3. The van der Waals surface area contributed by atoms with E-state index in [0.29, 0.717) is 5.71 Å². The number of hydrogen-bond donors (Lipinski definition) is 1. The Morgan fingerprint density at radius 3 is 2.61 bits per heavy atom. The van der Waals surface area contributed by atoms with Gasteiger partial charge in [-0.3, -0.25) is 4.68 Å². The number of nitrogens with zero attached hydrogens (tertiary/aromatic N) is 3. The van der Waals surface area contributed by atoms with Crippen LogP contribution in [0.5, 0.6) is 0 Å². The van der Waals surface area contributed by atoms with E-state index >= 15 is 0 Å². The summed E-state index contributed by atoms with van der Waals surface area (Å²) >= 11 is 0. The van der Waals surface area contributed by atoms with Crippen molar-refractivity contribution in [3.63, 3.8) is 0 Å². The van der Waals surface area contributed by atoms with Crippen molar-refractivity contribution in [2.75, 3.05) is 0 Å². The molecule has 4 nitrogen and oxygen atoms in total.